The SMILES string of the molecule is Cc1ncsc1-c1ccc(C(C)NC(=O)C2CCCN2C(=O)C(NC(=O)c2cncc(C(=O)N3CCC(c4cc(Nc5cc(C#N)ccn5)nc(N5CCC(F)(F)C5)c4)CC3)c2)C(C)(C)C)cc1. The molecule has 4 aromatic heterocycles. The van der Waals surface area contributed by atoms with Crippen LogP contribution in [0, 0.1) is 23.7 Å². The summed E-state index contributed by atoms with van der Waals surface area (Å²) in [5.41, 5.74) is 5.63. The van der Waals surface area contributed by atoms with Crippen molar-refractivity contribution >= 4 is 52.4 Å². The second-order valence-electron chi connectivity index (χ2n) is 18.9. The molecule has 3 aliphatic heterocycles. The zero-order valence-electron chi connectivity index (χ0n) is 38.8. The van der Waals surface area contributed by atoms with Gasteiger partial charge in [0.25, 0.3) is 17.7 Å². The standard InChI is InChI=1S/C50H55F2N11O4S/c1-30(33-8-10-35(11-9-33)43-31(2)56-29-68-43)57-46(65)39-7-6-17-63(39)48(67)44(49(3,4)5)60-45(64)37-22-38(27-54-26-37)47(66)61-18-13-34(14-19-61)36-23-41(58-40-21-32(25-53)12-16-55-40)59-42(24-36)62-20-15-50(51,52)28-62/h8-12,16,21-24,26-27,29-30,34,39,44H,6-7,13-15,17-20,28H2,1-5H3,(H,57,65)(H,60,64)(H,55,58,59). The minimum Gasteiger partial charge on any atom is -0.350 e. The van der Waals surface area contributed by atoms with Gasteiger partial charge >= 0.3 is 0 Å². The van der Waals surface area contributed by atoms with Crippen molar-refractivity contribution in [3.05, 3.63) is 112 Å². The largest absolute Gasteiger partial charge is 0.350 e. The predicted octanol–water partition coefficient (Wildman–Crippen LogP) is 7.80. The highest BCUT2D eigenvalue weighted by Gasteiger charge is 2.43. The molecule has 0 spiro atoms. The molecule has 0 aliphatic carbocycles. The number of nitriles is 1. The lowest BCUT2D eigenvalue weighted by atomic mass is 9.85. The smallest absolute Gasteiger partial charge is 0.266 e. The Morgan fingerprint density at radius 1 is 0.912 bits per heavy atom. The fourth-order valence-corrected chi connectivity index (χ4v) is 9.95. The average molecular weight is 944 g/mol. The molecule has 0 bridgehead atoms. The van der Waals surface area contributed by atoms with Gasteiger partial charge in [-0.15, -0.1) is 11.3 Å². The van der Waals surface area contributed by atoms with Gasteiger partial charge in [0.05, 0.1) is 51.4 Å². The maximum atomic E-state index is 14.4. The van der Waals surface area contributed by atoms with E-state index in [0.717, 1.165) is 27.3 Å². The molecule has 5 aromatic rings. The predicted molar refractivity (Wildman–Crippen MR) is 255 cm³/mol. The van der Waals surface area contributed by atoms with E-state index in [1.165, 1.54) is 24.7 Å². The lowest BCUT2D eigenvalue weighted by Gasteiger charge is -2.35. The Morgan fingerprint density at radius 3 is 2.34 bits per heavy atom. The summed E-state index contributed by atoms with van der Waals surface area (Å²) in [5.74, 6) is -3.15. The van der Waals surface area contributed by atoms with Crippen molar-refractivity contribution in [2.24, 2.45) is 5.41 Å². The lowest BCUT2D eigenvalue weighted by Crippen LogP contribution is -2.57. The number of alkyl halides is 2. The van der Waals surface area contributed by atoms with Crippen molar-refractivity contribution in [1.82, 2.24) is 40.4 Å². The zero-order chi connectivity index (χ0) is 48.3. The summed E-state index contributed by atoms with van der Waals surface area (Å²) < 4.78 is 28.6. The summed E-state index contributed by atoms with van der Waals surface area (Å²) in [5, 5.41) is 18.5. The van der Waals surface area contributed by atoms with Crippen molar-refractivity contribution in [1.29, 1.82) is 5.26 Å². The molecule has 0 radical (unpaired) electrons. The molecule has 354 valence electrons. The number of anilines is 3. The number of aryl methyl sites for hydroxylation is 1. The number of nitrogens with zero attached hydrogens (tertiary/aromatic N) is 8. The Kier molecular flexibility index (Phi) is 13.8. The van der Waals surface area contributed by atoms with Crippen molar-refractivity contribution in [2.75, 3.05) is 42.9 Å². The van der Waals surface area contributed by atoms with Crippen LogP contribution in [0.5, 0.6) is 0 Å². The number of rotatable bonds is 12. The van der Waals surface area contributed by atoms with E-state index >= 15 is 0 Å². The Labute approximate surface area is 398 Å². The highest BCUT2D eigenvalue weighted by atomic mass is 32.1. The minimum absolute atomic E-state index is 0.0220. The summed E-state index contributed by atoms with van der Waals surface area (Å²) in [6.07, 6.45) is 6.28. The van der Waals surface area contributed by atoms with Crippen LogP contribution in [0.4, 0.5) is 26.2 Å². The van der Waals surface area contributed by atoms with E-state index in [2.05, 4.69) is 42.0 Å². The Morgan fingerprint density at radius 2 is 1.66 bits per heavy atom. The number of pyridine rings is 3. The topological polar surface area (TPSA) is 189 Å². The first-order valence-electron chi connectivity index (χ1n) is 22.9. The monoisotopic (exact) mass is 943 g/mol. The zero-order valence-corrected chi connectivity index (χ0v) is 39.6. The molecule has 3 fully saturated rings. The van der Waals surface area contributed by atoms with Crippen LogP contribution in [0.25, 0.3) is 10.4 Å². The number of aromatic nitrogens is 4. The molecule has 4 amide bonds. The molecule has 3 N–H and O–H groups in total. The van der Waals surface area contributed by atoms with E-state index < -0.39 is 35.9 Å². The first-order chi connectivity index (χ1) is 32.5. The van der Waals surface area contributed by atoms with Crippen LogP contribution in [0.2, 0.25) is 0 Å². The number of carbonyl (C=O) groups excluding carboxylic acids is 4. The van der Waals surface area contributed by atoms with E-state index in [1.54, 1.807) is 38.2 Å². The number of thiazole rings is 1. The molecule has 0 saturated carbocycles. The molecule has 7 heterocycles. The quantitative estimate of drug-likeness (QED) is 0.111. The number of hydrogen-bond donors (Lipinski definition) is 3. The van der Waals surface area contributed by atoms with Gasteiger partial charge in [-0.1, -0.05) is 45.0 Å². The third kappa shape index (κ3) is 10.8. The van der Waals surface area contributed by atoms with Crippen molar-refractivity contribution in [3.8, 4) is 16.5 Å². The summed E-state index contributed by atoms with van der Waals surface area (Å²) in [7, 11) is 0. The van der Waals surface area contributed by atoms with Crippen LogP contribution >= 0.6 is 11.3 Å². The van der Waals surface area contributed by atoms with Crippen molar-refractivity contribution < 1.29 is 28.0 Å². The van der Waals surface area contributed by atoms with Crippen LogP contribution in [0.3, 0.4) is 0 Å². The summed E-state index contributed by atoms with van der Waals surface area (Å²) >= 11 is 1.58. The van der Waals surface area contributed by atoms with Gasteiger partial charge in [-0.2, -0.15) is 5.26 Å². The molecule has 3 atom stereocenters. The maximum Gasteiger partial charge on any atom is 0.266 e. The van der Waals surface area contributed by atoms with Gasteiger partial charge in [-0.3, -0.25) is 24.2 Å². The number of amides is 4. The molecule has 1 aromatic carbocycles. The average Bonchev–Trinajstić information content (AvgIpc) is 4.10. The number of halogens is 2. The number of piperidine rings is 1. The van der Waals surface area contributed by atoms with E-state index in [-0.39, 0.29) is 53.8 Å². The third-order valence-electron chi connectivity index (χ3n) is 13.0. The fourth-order valence-electron chi connectivity index (χ4n) is 9.14. The number of nitrogens with one attached hydrogen (secondary N) is 3. The molecule has 8 rings (SSSR count). The van der Waals surface area contributed by atoms with E-state index in [1.807, 2.05) is 76.5 Å². The second kappa shape index (κ2) is 19.8. The van der Waals surface area contributed by atoms with Crippen LogP contribution in [0.15, 0.2) is 78.7 Å². The summed E-state index contributed by atoms with van der Waals surface area (Å²) in [4.78, 5) is 79.5. The maximum absolute atomic E-state index is 14.4. The van der Waals surface area contributed by atoms with E-state index in [4.69, 9.17) is 0 Å². The van der Waals surface area contributed by atoms with E-state index in [0.29, 0.717) is 68.3 Å². The first-order valence-corrected chi connectivity index (χ1v) is 23.8. The van der Waals surface area contributed by atoms with Gasteiger partial charge in [-0.25, -0.2) is 23.7 Å². The molecule has 68 heavy (non-hydrogen) atoms. The molecule has 3 saturated heterocycles. The number of likely N-dealkylation sites (tertiary alicyclic amines) is 2. The Balaban J connectivity index is 0.902. The number of hydrogen-bond acceptors (Lipinski definition) is 12. The van der Waals surface area contributed by atoms with Crippen LogP contribution < -0.4 is 20.9 Å². The Bertz CT molecular complexity index is 2730. The second-order valence-corrected chi connectivity index (χ2v) is 19.8. The highest BCUT2D eigenvalue weighted by molar-refractivity contribution is 7.13. The van der Waals surface area contributed by atoms with Crippen molar-refractivity contribution in [3.63, 3.8) is 0 Å². The lowest BCUT2D eigenvalue weighted by molar-refractivity contribution is -0.142. The summed E-state index contributed by atoms with van der Waals surface area (Å²) in [6.45, 7) is 10.3. The summed E-state index contributed by atoms with van der Waals surface area (Å²) in [6, 6.07) is 16.4. The highest BCUT2D eigenvalue weighted by Crippen LogP contribution is 2.36. The van der Waals surface area contributed by atoms with Crippen molar-refractivity contribution in [2.45, 2.75) is 96.7 Å². The third-order valence-corrected chi connectivity index (χ3v) is 14.0. The molecular formula is C50H55F2N11O4S. The molecule has 18 heteroatoms. The normalized spacial score (nSPS) is 18.1. The van der Waals surface area contributed by atoms with Crippen LogP contribution in [0.1, 0.15) is 115 Å². The molecule has 15 nitrogen and oxygen atoms in total. The van der Waals surface area contributed by atoms with E-state index in [9.17, 15) is 33.2 Å². The number of benzene rings is 1. The molecule has 3 aliphatic rings. The van der Waals surface area contributed by atoms with Gasteiger partial charge in [0.2, 0.25) is 11.8 Å². The van der Waals surface area contributed by atoms with Gasteiger partial charge in [0.1, 0.15) is 29.5 Å². The van der Waals surface area contributed by atoms with Gasteiger partial charge in [-0.05, 0) is 97.9 Å². The molecule has 3 unspecified atom stereocenters. The van der Waals surface area contributed by atoms with Gasteiger partial charge in [0.15, 0.2) is 0 Å². The minimum atomic E-state index is -2.83. The van der Waals surface area contributed by atoms with Crippen LogP contribution in [-0.4, -0.2) is 104 Å². The van der Waals surface area contributed by atoms with Crippen LogP contribution in [-0.2, 0) is 9.59 Å². The number of carbonyl (C=O) groups is 4. The first kappa shape index (κ1) is 47.6. The fraction of sp³-hybridized carbons (Fsp3) is 0.420. The van der Waals surface area contributed by atoms with Gasteiger partial charge < -0.3 is 30.7 Å². The Hall–Kier alpha value is -6.87. The molecular weight excluding hydrogens is 889 g/mol. The van der Waals surface area contributed by atoms with Gasteiger partial charge in [0, 0.05) is 51.2 Å².